The van der Waals surface area contributed by atoms with Gasteiger partial charge in [0.05, 0.1) is 18.1 Å². The van der Waals surface area contributed by atoms with E-state index in [0.717, 1.165) is 18.7 Å². The molecule has 1 amide bonds. The molecule has 0 aliphatic carbocycles. The van der Waals surface area contributed by atoms with Crippen molar-refractivity contribution in [3.8, 4) is 6.07 Å². The van der Waals surface area contributed by atoms with Crippen molar-refractivity contribution in [2.75, 3.05) is 27.2 Å². The quantitative estimate of drug-likeness (QED) is 0.791. The van der Waals surface area contributed by atoms with Crippen molar-refractivity contribution in [1.29, 1.82) is 5.26 Å². The van der Waals surface area contributed by atoms with Crippen molar-refractivity contribution >= 4 is 5.91 Å². The van der Waals surface area contributed by atoms with Crippen LogP contribution in [0.5, 0.6) is 0 Å². The van der Waals surface area contributed by atoms with Crippen LogP contribution in [0.25, 0.3) is 0 Å². The number of likely N-dealkylation sites (N-methyl/N-ethyl adjacent to an activating group) is 1. The van der Waals surface area contributed by atoms with Crippen LogP contribution in [-0.4, -0.2) is 48.9 Å². The third-order valence-corrected chi connectivity index (χ3v) is 3.36. The molecule has 94 valence electrons. The van der Waals surface area contributed by atoms with Gasteiger partial charge in [0.1, 0.15) is 0 Å². The van der Waals surface area contributed by atoms with Gasteiger partial charge in [0.2, 0.25) is 5.91 Å². The van der Waals surface area contributed by atoms with Gasteiger partial charge in [-0.2, -0.15) is 5.26 Å². The van der Waals surface area contributed by atoms with Crippen molar-refractivity contribution in [1.82, 2.24) is 9.80 Å². The summed E-state index contributed by atoms with van der Waals surface area (Å²) in [7, 11) is 4.06. The van der Waals surface area contributed by atoms with E-state index in [0.29, 0.717) is 18.0 Å². The van der Waals surface area contributed by atoms with Crippen LogP contribution in [0.2, 0.25) is 0 Å². The molecule has 0 saturated carbocycles. The molecule has 1 aromatic rings. The number of carbonyl (C=O) groups excluding carboxylic acids is 1. The second-order valence-corrected chi connectivity index (χ2v) is 4.91. The SMILES string of the molecule is CN(C)C1CN(C(=O)Cc2cccc(C#N)c2)C1. The van der Waals surface area contributed by atoms with Gasteiger partial charge in [-0.05, 0) is 31.8 Å². The van der Waals surface area contributed by atoms with E-state index in [1.54, 1.807) is 12.1 Å². The fraction of sp³-hybridized carbons (Fsp3) is 0.429. The van der Waals surface area contributed by atoms with Crippen molar-refractivity contribution < 1.29 is 4.79 Å². The largest absolute Gasteiger partial charge is 0.339 e. The molecule has 1 heterocycles. The second kappa shape index (κ2) is 5.19. The minimum atomic E-state index is 0.142. The molecule has 4 nitrogen and oxygen atoms in total. The highest BCUT2D eigenvalue weighted by molar-refractivity contribution is 5.79. The number of hydrogen-bond acceptors (Lipinski definition) is 3. The summed E-state index contributed by atoms with van der Waals surface area (Å²) < 4.78 is 0. The van der Waals surface area contributed by atoms with Gasteiger partial charge < -0.3 is 9.80 Å². The van der Waals surface area contributed by atoms with Gasteiger partial charge in [-0.3, -0.25) is 4.79 Å². The van der Waals surface area contributed by atoms with E-state index < -0.39 is 0 Å². The summed E-state index contributed by atoms with van der Waals surface area (Å²) in [6.07, 6.45) is 0.385. The molecular formula is C14H17N3O. The highest BCUT2D eigenvalue weighted by Gasteiger charge is 2.31. The number of carbonyl (C=O) groups is 1. The molecule has 2 rings (SSSR count). The van der Waals surface area contributed by atoms with E-state index in [1.807, 2.05) is 31.1 Å². The molecule has 0 spiro atoms. The van der Waals surface area contributed by atoms with Crippen LogP contribution < -0.4 is 0 Å². The molecule has 0 atom stereocenters. The van der Waals surface area contributed by atoms with Crippen molar-refractivity contribution in [2.45, 2.75) is 12.5 Å². The molecule has 1 saturated heterocycles. The number of rotatable bonds is 3. The lowest BCUT2D eigenvalue weighted by atomic mass is 10.0. The molecule has 1 aliphatic heterocycles. The standard InChI is InChI=1S/C14H17N3O/c1-16(2)13-9-17(10-13)14(18)7-11-4-3-5-12(6-11)8-15/h3-6,13H,7,9-10H2,1-2H3. The zero-order valence-corrected chi connectivity index (χ0v) is 10.8. The monoisotopic (exact) mass is 243 g/mol. The Kier molecular flexibility index (Phi) is 3.63. The van der Waals surface area contributed by atoms with E-state index in [1.165, 1.54) is 0 Å². The van der Waals surface area contributed by atoms with Gasteiger partial charge in [-0.1, -0.05) is 12.1 Å². The first kappa shape index (κ1) is 12.6. The maximum absolute atomic E-state index is 12.0. The van der Waals surface area contributed by atoms with Gasteiger partial charge in [0.25, 0.3) is 0 Å². The summed E-state index contributed by atoms with van der Waals surface area (Å²) in [6, 6.07) is 9.81. The summed E-state index contributed by atoms with van der Waals surface area (Å²) in [5.74, 6) is 0.142. The number of hydrogen-bond donors (Lipinski definition) is 0. The molecule has 0 unspecified atom stereocenters. The number of nitrogens with zero attached hydrogens (tertiary/aromatic N) is 3. The van der Waals surface area contributed by atoms with Crippen LogP contribution in [0.1, 0.15) is 11.1 Å². The maximum Gasteiger partial charge on any atom is 0.227 e. The van der Waals surface area contributed by atoms with Crippen molar-refractivity contribution in [3.63, 3.8) is 0 Å². The maximum atomic E-state index is 12.0. The molecule has 0 radical (unpaired) electrons. The molecular weight excluding hydrogens is 226 g/mol. The summed E-state index contributed by atoms with van der Waals surface area (Å²) in [5, 5.41) is 8.81. The lowest BCUT2D eigenvalue weighted by molar-refractivity contribution is -0.137. The third kappa shape index (κ3) is 2.69. The number of likely N-dealkylation sites (tertiary alicyclic amines) is 1. The lowest BCUT2D eigenvalue weighted by Crippen LogP contribution is -2.59. The second-order valence-electron chi connectivity index (χ2n) is 4.91. The Labute approximate surface area is 107 Å². The van der Waals surface area contributed by atoms with Gasteiger partial charge in [0, 0.05) is 19.1 Å². The van der Waals surface area contributed by atoms with Crippen LogP contribution >= 0.6 is 0 Å². The zero-order valence-electron chi connectivity index (χ0n) is 10.8. The Morgan fingerprint density at radius 1 is 1.50 bits per heavy atom. The normalized spacial score (nSPS) is 15.3. The molecule has 4 heteroatoms. The van der Waals surface area contributed by atoms with Crippen LogP contribution in [0.4, 0.5) is 0 Å². The minimum absolute atomic E-state index is 0.142. The van der Waals surface area contributed by atoms with Gasteiger partial charge >= 0.3 is 0 Å². The van der Waals surface area contributed by atoms with E-state index in [-0.39, 0.29) is 5.91 Å². The molecule has 0 aromatic heterocycles. The number of benzene rings is 1. The predicted molar refractivity (Wildman–Crippen MR) is 68.9 cm³/mol. The summed E-state index contributed by atoms with van der Waals surface area (Å²) in [4.78, 5) is 16.0. The predicted octanol–water partition coefficient (Wildman–Crippen LogP) is 0.873. The molecule has 1 aliphatic rings. The first-order chi connectivity index (χ1) is 8.60. The fourth-order valence-electron chi connectivity index (χ4n) is 2.02. The van der Waals surface area contributed by atoms with Crippen molar-refractivity contribution in [3.05, 3.63) is 35.4 Å². The molecule has 0 N–H and O–H groups in total. The van der Waals surface area contributed by atoms with Gasteiger partial charge in [0.15, 0.2) is 0 Å². The smallest absolute Gasteiger partial charge is 0.227 e. The Bertz CT molecular complexity index is 484. The first-order valence-electron chi connectivity index (χ1n) is 6.03. The van der Waals surface area contributed by atoms with Gasteiger partial charge in [-0.25, -0.2) is 0 Å². The first-order valence-corrected chi connectivity index (χ1v) is 6.03. The van der Waals surface area contributed by atoms with E-state index >= 15 is 0 Å². The topological polar surface area (TPSA) is 47.3 Å². The molecule has 1 fully saturated rings. The average molecular weight is 243 g/mol. The lowest BCUT2D eigenvalue weighted by Gasteiger charge is -2.42. The van der Waals surface area contributed by atoms with Crippen LogP contribution in [0.3, 0.4) is 0 Å². The Morgan fingerprint density at radius 3 is 2.83 bits per heavy atom. The van der Waals surface area contributed by atoms with E-state index in [2.05, 4.69) is 11.0 Å². The number of amides is 1. The Morgan fingerprint density at radius 2 is 2.22 bits per heavy atom. The molecule has 1 aromatic carbocycles. The highest BCUT2D eigenvalue weighted by atomic mass is 16.2. The van der Waals surface area contributed by atoms with Crippen LogP contribution in [0, 0.1) is 11.3 Å². The van der Waals surface area contributed by atoms with Crippen molar-refractivity contribution in [2.24, 2.45) is 0 Å². The number of nitriles is 1. The third-order valence-electron chi connectivity index (χ3n) is 3.36. The molecule has 18 heavy (non-hydrogen) atoms. The summed E-state index contributed by atoms with van der Waals surface area (Å²) in [5.41, 5.74) is 1.52. The summed E-state index contributed by atoms with van der Waals surface area (Å²) >= 11 is 0. The Hall–Kier alpha value is -1.86. The average Bonchev–Trinajstić information content (AvgIpc) is 2.26. The molecule has 0 bridgehead atoms. The fourth-order valence-corrected chi connectivity index (χ4v) is 2.02. The van der Waals surface area contributed by atoms with Gasteiger partial charge in [-0.15, -0.1) is 0 Å². The zero-order chi connectivity index (χ0) is 13.1. The van der Waals surface area contributed by atoms with E-state index in [9.17, 15) is 4.79 Å². The van der Waals surface area contributed by atoms with E-state index in [4.69, 9.17) is 5.26 Å². The Balaban J connectivity index is 1.91. The van der Waals surface area contributed by atoms with Crippen LogP contribution in [0.15, 0.2) is 24.3 Å². The minimum Gasteiger partial charge on any atom is -0.339 e. The highest BCUT2D eigenvalue weighted by Crippen LogP contribution is 2.14. The summed E-state index contributed by atoms with van der Waals surface area (Å²) in [6.45, 7) is 1.62. The van der Waals surface area contributed by atoms with Crippen LogP contribution in [-0.2, 0) is 11.2 Å².